The molecule has 3 atom stereocenters. The summed E-state index contributed by atoms with van der Waals surface area (Å²) < 4.78 is 28.7. The topological polar surface area (TPSA) is 129 Å². The van der Waals surface area contributed by atoms with Crippen LogP contribution in [-0.2, 0) is 19.6 Å². The average molecular weight is 584 g/mol. The number of amides is 3. The van der Waals surface area contributed by atoms with Crippen LogP contribution in [0.1, 0.15) is 36.7 Å². The Kier molecular flexibility index (Phi) is 8.07. The van der Waals surface area contributed by atoms with E-state index in [1.807, 2.05) is 0 Å². The summed E-state index contributed by atoms with van der Waals surface area (Å²) in [7, 11) is -3.98. The number of likely N-dealkylation sites (tertiary alicyclic amines) is 2. The largest absolute Gasteiger partial charge is 0.346 e. The second kappa shape index (κ2) is 11.5. The first-order chi connectivity index (χ1) is 19.1. The van der Waals surface area contributed by atoms with Crippen molar-refractivity contribution in [3.63, 3.8) is 0 Å². The molecule has 2 aliphatic rings. The van der Waals surface area contributed by atoms with E-state index in [1.54, 1.807) is 60.5 Å². The van der Waals surface area contributed by atoms with E-state index < -0.39 is 28.0 Å². The lowest BCUT2D eigenvalue weighted by molar-refractivity contribution is -0.144. The van der Waals surface area contributed by atoms with Crippen molar-refractivity contribution in [1.29, 1.82) is 0 Å². The zero-order chi connectivity index (χ0) is 28.4. The van der Waals surface area contributed by atoms with Crippen molar-refractivity contribution in [1.82, 2.24) is 24.8 Å². The van der Waals surface area contributed by atoms with Gasteiger partial charge in [0, 0.05) is 36.9 Å². The van der Waals surface area contributed by atoms with Crippen molar-refractivity contribution < 1.29 is 22.8 Å². The summed E-state index contributed by atoms with van der Waals surface area (Å²) in [5.74, 6) is -0.969. The number of aromatic nitrogens is 1. The summed E-state index contributed by atoms with van der Waals surface area (Å²) >= 11 is 6.02. The fourth-order valence-corrected chi connectivity index (χ4v) is 6.70. The summed E-state index contributed by atoms with van der Waals surface area (Å²) in [5.41, 5.74) is 0.309. The zero-order valence-corrected chi connectivity index (χ0v) is 23.5. The highest BCUT2D eigenvalue weighted by atomic mass is 35.5. The molecule has 2 aromatic carbocycles. The Balaban J connectivity index is 1.20. The number of hydrogen-bond acceptors (Lipinski definition) is 6. The smallest absolute Gasteiger partial charge is 0.270 e. The van der Waals surface area contributed by atoms with E-state index >= 15 is 0 Å². The number of carbonyl (C=O) groups excluding carboxylic acids is 3. The van der Waals surface area contributed by atoms with Crippen molar-refractivity contribution in [2.45, 2.75) is 49.2 Å². The minimum atomic E-state index is -3.98. The molecular formula is C28H30ClN5O5S. The number of halogens is 1. The van der Waals surface area contributed by atoms with Gasteiger partial charge in [-0.25, -0.2) is 8.42 Å². The highest BCUT2D eigenvalue weighted by molar-refractivity contribution is 7.89. The van der Waals surface area contributed by atoms with Gasteiger partial charge in [-0.15, -0.1) is 0 Å². The van der Waals surface area contributed by atoms with Crippen LogP contribution in [0.3, 0.4) is 0 Å². The van der Waals surface area contributed by atoms with E-state index in [9.17, 15) is 22.8 Å². The molecule has 0 radical (unpaired) electrons. The molecule has 40 heavy (non-hydrogen) atoms. The Labute approximate surface area is 237 Å². The Morgan fingerprint density at radius 1 is 1.05 bits per heavy atom. The molecule has 3 heterocycles. The number of sulfonamides is 1. The second-order valence-corrected chi connectivity index (χ2v) is 12.3. The summed E-state index contributed by atoms with van der Waals surface area (Å²) in [6.45, 7) is 2.75. The van der Waals surface area contributed by atoms with E-state index in [0.717, 1.165) is 11.8 Å². The van der Waals surface area contributed by atoms with Crippen LogP contribution in [-0.4, -0.2) is 78.7 Å². The molecule has 10 nitrogen and oxygen atoms in total. The van der Waals surface area contributed by atoms with Gasteiger partial charge in [-0.2, -0.15) is 4.72 Å². The molecule has 3 amide bonds. The number of fused-ring (bicyclic) bond motifs is 1. The number of nitrogens with zero attached hydrogens (tertiary/aromatic N) is 3. The highest BCUT2D eigenvalue weighted by Gasteiger charge is 2.40. The van der Waals surface area contributed by atoms with Gasteiger partial charge in [-0.05, 0) is 73.4 Å². The molecule has 2 N–H and O–H groups in total. The van der Waals surface area contributed by atoms with Gasteiger partial charge >= 0.3 is 0 Å². The lowest BCUT2D eigenvalue weighted by Crippen LogP contribution is -2.55. The Bertz CT molecular complexity index is 1550. The van der Waals surface area contributed by atoms with Gasteiger partial charge < -0.3 is 15.1 Å². The minimum absolute atomic E-state index is 0.0461. The number of pyridine rings is 1. The molecule has 0 spiro atoms. The summed E-state index contributed by atoms with van der Waals surface area (Å²) in [6, 6.07) is 13.0. The number of hydrogen-bond donors (Lipinski definition) is 2. The minimum Gasteiger partial charge on any atom is -0.346 e. The van der Waals surface area contributed by atoms with E-state index in [1.165, 1.54) is 17.0 Å². The first-order valence-electron chi connectivity index (χ1n) is 13.2. The van der Waals surface area contributed by atoms with Crippen molar-refractivity contribution in [3.8, 4) is 0 Å². The number of nitrogens with one attached hydrogen (secondary N) is 2. The SMILES string of the molecule is C[C@@H](C(=O)N1CCC[C@@H](NC(=O)c2ccccn2)C1)N1CC[C@H](NS(=O)(=O)c2ccc3cc(Cl)ccc3c2)C1=O. The zero-order valence-electron chi connectivity index (χ0n) is 21.9. The van der Waals surface area contributed by atoms with Crippen LogP contribution in [0.25, 0.3) is 10.8 Å². The van der Waals surface area contributed by atoms with Crippen LogP contribution in [0, 0.1) is 0 Å². The van der Waals surface area contributed by atoms with E-state index in [4.69, 9.17) is 11.6 Å². The van der Waals surface area contributed by atoms with Crippen molar-refractivity contribution >= 4 is 50.1 Å². The summed E-state index contributed by atoms with van der Waals surface area (Å²) in [5, 5.41) is 5.01. The summed E-state index contributed by atoms with van der Waals surface area (Å²) in [6.07, 6.45) is 3.23. The van der Waals surface area contributed by atoms with Crippen molar-refractivity contribution in [2.24, 2.45) is 0 Å². The molecule has 0 saturated carbocycles. The number of benzene rings is 2. The molecule has 12 heteroatoms. The predicted octanol–water partition coefficient (Wildman–Crippen LogP) is 2.58. The maximum atomic E-state index is 13.4. The lowest BCUT2D eigenvalue weighted by Gasteiger charge is -2.36. The molecule has 3 aromatic rings. The van der Waals surface area contributed by atoms with Gasteiger partial charge in [-0.3, -0.25) is 19.4 Å². The van der Waals surface area contributed by atoms with Gasteiger partial charge in [0.05, 0.1) is 4.90 Å². The van der Waals surface area contributed by atoms with Gasteiger partial charge in [-0.1, -0.05) is 29.8 Å². The lowest BCUT2D eigenvalue weighted by atomic mass is 10.0. The molecule has 0 bridgehead atoms. The maximum absolute atomic E-state index is 13.4. The molecule has 2 aliphatic heterocycles. The Morgan fingerprint density at radius 3 is 2.60 bits per heavy atom. The molecule has 2 saturated heterocycles. The average Bonchev–Trinajstić information content (AvgIpc) is 3.31. The number of piperidine rings is 1. The molecule has 1 aromatic heterocycles. The van der Waals surface area contributed by atoms with E-state index in [2.05, 4.69) is 15.0 Å². The highest BCUT2D eigenvalue weighted by Crippen LogP contribution is 2.24. The molecular weight excluding hydrogens is 554 g/mol. The van der Waals surface area contributed by atoms with E-state index in [0.29, 0.717) is 35.6 Å². The first kappa shape index (κ1) is 28.0. The fraction of sp³-hybridized carbons (Fsp3) is 0.357. The van der Waals surface area contributed by atoms with Crippen LogP contribution < -0.4 is 10.0 Å². The predicted molar refractivity (Wildman–Crippen MR) is 150 cm³/mol. The summed E-state index contributed by atoms with van der Waals surface area (Å²) in [4.78, 5) is 46.3. The van der Waals surface area contributed by atoms with Crippen molar-refractivity contribution in [3.05, 3.63) is 71.5 Å². The number of carbonyl (C=O) groups is 3. The van der Waals surface area contributed by atoms with Crippen LogP contribution in [0.5, 0.6) is 0 Å². The van der Waals surface area contributed by atoms with Gasteiger partial charge in [0.1, 0.15) is 17.8 Å². The Hall–Kier alpha value is -3.54. The molecule has 210 valence electrons. The number of rotatable bonds is 7. The van der Waals surface area contributed by atoms with Crippen LogP contribution in [0.2, 0.25) is 5.02 Å². The van der Waals surface area contributed by atoms with Gasteiger partial charge in [0.25, 0.3) is 5.91 Å². The second-order valence-electron chi connectivity index (χ2n) is 10.1. The van der Waals surface area contributed by atoms with Crippen LogP contribution in [0.4, 0.5) is 0 Å². The fourth-order valence-electron chi connectivity index (χ4n) is 5.26. The Morgan fingerprint density at radius 2 is 1.82 bits per heavy atom. The molecule has 2 fully saturated rings. The monoisotopic (exact) mass is 583 g/mol. The third kappa shape index (κ3) is 5.96. The van der Waals surface area contributed by atoms with Crippen LogP contribution in [0.15, 0.2) is 65.7 Å². The molecule has 5 rings (SSSR count). The molecule has 0 aliphatic carbocycles. The van der Waals surface area contributed by atoms with Crippen molar-refractivity contribution in [2.75, 3.05) is 19.6 Å². The quantitative estimate of drug-likeness (QED) is 0.440. The van der Waals surface area contributed by atoms with Gasteiger partial charge in [0.2, 0.25) is 21.8 Å². The normalized spacial score (nSPS) is 20.5. The first-order valence-corrected chi connectivity index (χ1v) is 15.0. The van der Waals surface area contributed by atoms with Gasteiger partial charge in [0.15, 0.2) is 0 Å². The van der Waals surface area contributed by atoms with Crippen LogP contribution >= 0.6 is 11.6 Å². The third-order valence-electron chi connectivity index (χ3n) is 7.41. The maximum Gasteiger partial charge on any atom is 0.270 e. The van der Waals surface area contributed by atoms with E-state index in [-0.39, 0.29) is 35.7 Å². The molecule has 0 unspecified atom stereocenters. The third-order valence-corrected chi connectivity index (χ3v) is 9.12. The standard InChI is InChI=1S/C28H30ClN5O5S/c1-18(27(36)33-13-4-5-22(17-33)31-26(35)24-6-2-3-12-30-24)34-14-11-25(28(34)37)32-40(38,39)23-10-8-19-15-21(29)9-7-20(19)16-23/h2-3,6-10,12,15-16,18,22,25,32H,4-5,11,13-14,17H2,1H3,(H,31,35)/t18-,22+,25-/m0/s1.